The van der Waals surface area contributed by atoms with Gasteiger partial charge in [0.05, 0.1) is 11.0 Å². The third kappa shape index (κ3) is 0.863. The molecule has 2 rings (SSSR count). The standard InChI is InChI=1S/C9H10N2O.H2/c1-6-3-4-7-8(5-6)11(2)9(12)10-7;/h3-5H,1-2H3,(H,10,12);1H. The molecule has 12 heavy (non-hydrogen) atoms. The SMILES string of the molecule is Cc1ccc2[nH]c(=O)n(C)c2c1.[HH]. The lowest BCUT2D eigenvalue weighted by Gasteiger charge is -1.94. The number of aryl methyl sites for hydroxylation is 2. The van der Waals surface area contributed by atoms with Crippen molar-refractivity contribution < 1.29 is 1.43 Å². The summed E-state index contributed by atoms with van der Waals surface area (Å²) >= 11 is 0. The third-order valence-electron chi connectivity index (χ3n) is 2.06. The average molecular weight is 164 g/mol. The van der Waals surface area contributed by atoms with Crippen LogP contribution in [-0.2, 0) is 7.05 Å². The van der Waals surface area contributed by atoms with Gasteiger partial charge in [0.15, 0.2) is 0 Å². The van der Waals surface area contributed by atoms with Gasteiger partial charge in [-0.2, -0.15) is 0 Å². The Kier molecular flexibility index (Phi) is 1.33. The first-order chi connectivity index (χ1) is 5.68. The Bertz CT molecular complexity index is 484. The zero-order chi connectivity index (χ0) is 8.72. The molecule has 0 aliphatic rings. The summed E-state index contributed by atoms with van der Waals surface area (Å²) in [6.07, 6.45) is 0. The number of imidazole rings is 1. The van der Waals surface area contributed by atoms with Crippen LogP contribution in [0.5, 0.6) is 0 Å². The highest BCUT2D eigenvalue weighted by Gasteiger charge is 2.00. The van der Waals surface area contributed by atoms with Crippen LogP contribution in [0.25, 0.3) is 11.0 Å². The summed E-state index contributed by atoms with van der Waals surface area (Å²) in [4.78, 5) is 13.9. The lowest BCUT2D eigenvalue weighted by molar-refractivity contribution is 0.891. The Morgan fingerprint density at radius 1 is 1.50 bits per heavy atom. The van der Waals surface area contributed by atoms with Gasteiger partial charge in [-0.1, -0.05) is 6.07 Å². The molecule has 0 fully saturated rings. The van der Waals surface area contributed by atoms with Crippen molar-refractivity contribution in [3.05, 3.63) is 34.2 Å². The second kappa shape index (κ2) is 2.24. The quantitative estimate of drug-likeness (QED) is 0.628. The number of aromatic nitrogens is 2. The van der Waals surface area contributed by atoms with Gasteiger partial charge in [-0.15, -0.1) is 0 Å². The summed E-state index contributed by atoms with van der Waals surface area (Å²) in [5, 5.41) is 0. The van der Waals surface area contributed by atoms with E-state index < -0.39 is 0 Å². The summed E-state index contributed by atoms with van der Waals surface area (Å²) in [5.74, 6) is 0. The van der Waals surface area contributed by atoms with Crippen LogP contribution >= 0.6 is 0 Å². The maximum Gasteiger partial charge on any atom is 0.326 e. The van der Waals surface area contributed by atoms with Gasteiger partial charge in [-0.3, -0.25) is 4.57 Å². The number of H-pyrrole nitrogens is 1. The van der Waals surface area contributed by atoms with Crippen LogP contribution in [0.2, 0.25) is 0 Å². The van der Waals surface area contributed by atoms with Gasteiger partial charge in [0, 0.05) is 8.47 Å². The number of hydrogen-bond donors (Lipinski definition) is 1. The van der Waals surface area contributed by atoms with Crippen LogP contribution in [0.3, 0.4) is 0 Å². The van der Waals surface area contributed by atoms with Gasteiger partial charge >= 0.3 is 5.69 Å². The second-order valence-corrected chi connectivity index (χ2v) is 3.01. The number of hydrogen-bond acceptors (Lipinski definition) is 1. The lowest BCUT2D eigenvalue weighted by Crippen LogP contribution is -2.11. The maximum atomic E-state index is 11.2. The van der Waals surface area contributed by atoms with Crippen molar-refractivity contribution in [3.8, 4) is 0 Å². The first kappa shape index (κ1) is 7.16. The molecule has 3 heteroatoms. The monoisotopic (exact) mass is 164 g/mol. The predicted octanol–water partition coefficient (Wildman–Crippen LogP) is 1.42. The fraction of sp³-hybridized carbons (Fsp3) is 0.222. The number of benzene rings is 1. The van der Waals surface area contributed by atoms with Crippen LogP contribution < -0.4 is 5.69 Å². The molecule has 0 atom stereocenters. The average Bonchev–Trinajstić information content (AvgIpc) is 2.31. The molecule has 0 bridgehead atoms. The van der Waals surface area contributed by atoms with E-state index in [0.29, 0.717) is 0 Å². The summed E-state index contributed by atoms with van der Waals surface area (Å²) in [5.41, 5.74) is 2.96. The number of fused-ring (bicyclic) bond motifs is 1. The molecule has 0 amide bonds. The van der Waals surface area contributed by atoms with Gasteiger partial charge in [0.25, 0.3) is 0 Å². The maximum absolute atomic E-state index is 11.2. The van der Waals surface area contributed by atoms with Crippen LogP contribution in [0, 0.1) is 6.92 Å². The number of nitrogens with one attached hydrogen (secondary N) is 1. The van der Waals surface area contributed by atoms with Crippen LogP contribution in [-0.4, -0.2) is 9.55 Å². The van der Waals surface area contributed by atoms with Crippen molar-refractivity contribution in [3.63, 3.8) is 0 Å². The Labute approximate surface area is 71.1 Å². The molecule has 64 valence electrons. The zero-order valence-corrected chi connectivity index (χ0v) is 7.09. The Balaban J connectivity index is 0.000000845. The van der Waals surface area contributed by atoms with Crippen molar-refractivity contribution in [2.45, 2.75) is 6.92 Å². The molecular weight excluding hydrogens is 152 g/mol. The van der Waals surface area contributed by atoms with Gasteiger partial charge in [0.1, 0.15) is 0 Å². The van der Waals surface area contributed by atoms with Crippen molar-refractivity contribution in [1.82, 2.24) is 9.55 Å². The Hall–Kier alpha value is -1.51. The van der Waals surface area contributed by atoms with E-state index in [9.17, 15) is 4.79 Å². The summed E-state index contributed by atoms with van der Waals surface area (Å²) in [7, 11) is 1.76. The molecule has 0 unspecified atom stereocenters. The van der Waals surface area contributed by atoms with Crippen molar-refractivity contribution in [1.29, 1.82) is 0 Å². The van der Waals surface area contributed by atoms with E-state index in [-0.39, 0.29) is 7.12 Å². The minimum atomic E-state index is -0.0596. The predicted molar refractivity (Wildman–Crippen MR) is 50.4 cm³/mol. The molecule has 0 spiro atoms. The molecule has 0 radical (unpaired) electrons. The normalized spacial score (nSPS) is 10.8. The molecule has 1 aromatic heterocycles. The zero-order valence-electron chi connectivity index (χ0n) is 7.09. The summed E-state index contributed by atoms with van der Waals surface area (Å²) in [6.45, 7) is 2.01. The number of nitrogens with zero attached hydrogens (tertiary/aromatic N) is 1. The summed E-state index contributed by atoms with van der Waals surface area (Å²) < 4.78 is 1.61. The van der Waals surface area contributed by atoms with Crippen LogP contribution in [0.4, 0.5) is 0 Å². The molecule has 3 nitrogen and oxygen atoms in total. The highest BCUT2D eigenvalue weighted by molar-refractivity contribution is 5.75. The highest BCUT2D eigenvalue weighted by atomic mass is 16.1. The molecule has 0 aliphatic carbocycles. The van der Waals surface area contributed by atoms with E-state index >= 15 is 0 Å². The van der Waals surface area contributed by atoms with Crippen molar-refractivity contribution in [2.75, 3.05) is 0 Å². The third-order valence-corrected chi connectivity index (χ3v) is 2.06. The molecule has 0 aliphatic heterocycles. The lowest BCUT2D eigenvalue weighted by atomic mass is 10.2. The Morgan fingerprint density at radius 2 is 2.25 bits per heavy atom. The van der Waals surface area contributed by atoms with E-state index in [1.807, 2.05) is 25.1 Å². The van der Waals surface area contributed by atoms with E-state index in [0.717, 1.165) is 16.6 Å². The van der Waals surface area contributed by atoms with Gasteiger partial charge in [0.2, 0.25) is 0 Å². The van der Waals surface area contributed by atoms with Crippen molar-refractivity contribution in [2.24, 2.45) is 7.05 Å². The fourth-order valence-corrected chi connectivity index (χ4v) is 1.33. The largest absolute Gasteiger partial charge is 0.326 e. The molecule has 1 N–H and O–H groups in total. The van der Waals surface area contributed by atoms with Gasteiger partial charge < -0.3 is 4.98 Å². The Morgan fingerprint density at radius 3 is 3.00 bits per heavy atom. The van der Waals surface area contributed by atoms with E-state index in [2.05, 4.69) is 4.98 Å². The minimum Gasteiger partial charge on any atom is -0.306 e. The highest BCUT2D eigenvalue weighted by Crippen LogP contribution is 2.10. The number of aromatic amines is 1. The molecule has 0 saturated heterocycles. The smallest absolute Gasteiger partial charge is 0.306 e. The molecule has 1 aromatic carbocycles. The van der Waals surface area contributed by atoms with E-state index in [1.54, 1.807) is 11.6 Å². The first-order valence-corrected chi connectivity index (χ1v) is 3.84. The second-order valence-electron chi connectivity index (χ2n) is 3.01. The van der Waals surface area contributed by atoms with Crippen LogP contribution in [0.15, 0.2) is 23.0 Å². The molecule has 2 aromatic rings. The minimum absolute atomic E-state index is 0. The fourth-order valence-electron chi connectivity index (χ4n) is 1.33. The molecular formula is C9H12N2O. The van der Waals surface area contributed by atoms with E-state index in [4.69, 9.17) is 0 Å². The van der Waals surface area contributed by atoms with Crippen molar-refractivity contribution >= 4 is 11.0 Å². The molecule has 0 saturated carbocycles. The van der Waals surface area contributed by atoms with Crippen LogP contribution in [0.1, 0.15) is 6.99 Å². The topological polar surface area (TPSA) is 37.8 Å². The molecule has 1 heterocycles. The summed E-state index contributed by atoms with van der Waals surface area (Å²) in [6, 6.07) is 5.90. The van der Waals surface area contributed by atoms with Gasteiger partial charge in [-0.05, 0) is 24.6 Å². The first-order valence-electron chi connectivity index (χ1n) is 3.84. The van der Waals surface area contributed by atoms with Gasteiger partial charge in [-0.25, -0.2) is 4.79 Å². The number of rotatable bonds is 0. The van der Waals surface area contributed by atoms with E-state index in [1.165, 1.54) is 0 Å².